The van der Waals surface area contributed by atoms with Gasteiger partial charge in [-0.2, -0.15) is 0 Å². The average molecular weight is 288 g/mol. The van der Waals surface area contributed by atoms with E-state index in [2.05, 4.69) is 47.5 Å². The van der Waals surface area contributed by atoms with Crippen LogP contribution in [0.1, 0.15) is 44.2 Å². The van der Waals surface area contributed by atoms with Crippen molar-refractivity contribution in [3.05, 3.63) is 35.9 Å². The molecule has 0 radical (unpaired) electrons. The van der Waals surface area contributed by atoms with Crippen LogP contribution in [0.5, 0.6) is 0 Å². The number of nitrogens with zero attached hydrogens (tertiary/aromatic N) is 1. The van der Waals surface area contributed by atoms with E-state index < -0.39 is 0 Å². The molecule has 1 aliphatic carbocycles. The van der Waals surface area contributed by atoms with Crippen LogP contribution in [0, 0.1) is 0 Å². The molecule has 1 aromatic rings. The zero-order chi connectivity index (χ0) is 14.7. The Morgan fingerprint density at radius 3 is 2.76 bits per heavy atom. The van der Waals surface area contributed by atoms with Gasteiger partial charge in [0, 0.05) is 38.3 Å². The number of piperazine rings is 1. The van der Waals surface area contributed by atoms with Crippen molar-refractivity contribution in [1.82, 2.24) is 10.2 Å². The van der Waals surface area contributed by atoms with Crippen LogP contribution in [0.15, 0.2) is 30.3 Å². The van der Waals surface area contributed by atoms with Gasteiger partial charge in [-0.15, -0.1) is 0 Å². The van der Waals surface area contributed by atoms with Crippen LogP contribution in [-0.2, 0) is 4.74 Å². The molecule has 4 unspecified atom stereocenters. The Bertz CT molecular complexity index is 436. The zero-order valence-corrected chi connectivity index (χ0v) is 13.3. The van der Waals surface area contributed by atoms with Crippen molar-refractivity contribution in [2.45, 2.75) is 56.8 Å². The first-order valence-electron chi connectivity index (χ1n) is 8.35. The maximum atomic E-state index is 5.62. The normalized spacial score (nSPS) is 34.8. The average Bonchev–Trinajstić information content (AvgIpc) is 2.56. The third kappa shape index (κ3) is 3.47. The number of rotatable bonds is 3. The summed E-state index contributed by atoms with van der Waals surface area (Å²) >= 11 is 0. The van der Waals surface area contributed by atoms with Gasteiger partial charge in [0.2, 0.25) is 0 Å². The summed E-state index contributed by atoms with van der Waals surface area (Å²) in [6.45, 7) is 4.55. The van der Waals surface area contributed by atoms with Gasteiger partial charge in [0.1, 0.15) is 0 Å². The minimum absolute atomic E-state index is 0.459. The highest BCUT2D eigenvalue weighted by Crippen LogP contribution is 2.29. The first-order valence-corrected chi connectivity index (χ1v) is 8.35. The lowest BCUT2D eigenvalue weighted by Gasteiger charge is -2.46. The second kappa shape index (κ2) is 6.91. The van der Waals surface area contributed by atoms with Crippen LogP contribution < -0.4 is 5.32 Å². The Kier molecular flexibility index (Phi) is 4.94. The lowest BCUT2D eigenvalue weighted by Crippen LogP contribution is -2.56. The molecule has 2 fully saturated rings. The monoisotopic (exact) mass is 288 g/mol. The third-order valence-electron chi connectivity index (χ3n) is 5.22. The SMILES string of the molecule is COC1CCCC(N2CC(c3ccccc3)NCC2C)C1. The van der Waals surface area contributed by atoms with Crippen molar-refractivity contribution in [1.29, 1.82) is 0 Å². The summed E-state index contributed by atoms with van der Waals surface area (Å²) in [4.78, 5) is 2.72. The third-order valence-corrected chi connectivity index (χ3v) is 5.22. The van der Waals surface area contributed by atoms with Crippen LogP contribution in [0.2, 0.25) is 0 Å². The van der Waals surface area contributed by atoms with E-state index >= 15 is 0 Å². The maximum Gasteiger partial charge on any atom is 0.0586 e. The van der Waals surface area contributed by atoms with Crippen LogP contribution in [-0.4, -0.2) is 43.3 Å². The zero-order valence-electron chi connectivity index (χ0n) is 13.3. The van der Waals surface area contributed by atoms with Crippen molar-refractivity contribution in [3.63, 3.8) is 0 Å². The minimum Gasteiger partial charge on any atom is -0.381 e. The van der Waals surface area contributed by atoms with Gasteiger partial charge in [0.25, 0.3) is 0 Å². The molecule has 2 aliphatic rings. The molecule has 4 atom stereocenters. The number of methoxy groups -OCH3 is 1. The van der Waals surface area contributed by atoms with Gasteiger partial charge in [-0.05, 0) is 38.2 Å². The quantitative estimate of drug-likeness (QED) is 0.925. The maximum absolute atomic E-state index is 5.62. The highest BCUT2D eigenvalue weighted by molar-refractivity contribution is 5.20. The molecule has 1 aliphatic heterocycles. The van der Waals surface area contributed by atoms with Crippen molar-refractivity contribution < 1.29 is 4.74 Å². The molecular weight excluding hydrogens is 260 g/mol. The Balaban J connectivity index is 1.69. The Morgan fingerprint density at radius 2 is 2.00 bits per heavy atom. The molecule has 0 amide bonds. The number of hydrogen-bond acceptors (Lipinski definition) is 3. The van der Waals surface area contributed by atoms with E-state index in [4.69, 9.17) is 4.74 Å². The second-order valence-electron chi connectivity index (χ2n) is 6.60. The fourth-order valence-electron chi connectivity index (χ4n) is 3.94. The van der Waals surface area contributed by atoms with Gasteiger partial charge < -0.3 is 10.1 Å². The molecule has 21 heavy (non-hydrogen) atoms. The van der Waals surface area contributed by atoms with E-state index in [1.54, 1.807) is 0 Å². The van der Waals surface area contributed by atoms with Crippen molar-refractivity contribution in [2.24, 2.45) is 0 Å². The number of ether oxygens (including phenoxy) is 1. The van der Waals surface area contributed by atoms with Gasteiger partial charge in [-0.1, -0.05) is 30.3 Å². The van der Waals surface area contributed by atoms with E-state index in [0.717, 1.165) is 13.1 Å². The molecule has 1 saturated heterocycles. The highest BCUT2D eigenvalue weighted by Gasteiger charge is 2.33. The first-order chi connectivity index (χ1) is 10.3. The van der Waals surface area contributed by atoms with Gasteiger partial charge >= 0.3 is 0 Å². The summed E-state index contributed by atoms with van der Waals surface area (Å²) in [7, 11) is 1.86. The molecule has 1 aromatic carbocycles. The summed E-state index contributed by atoms with van der Waals surface area (Å²) in [6, 6.07) is 12.6. The van der Waals surface area contributed by atoms with Gasteiger partial charge in [-0.3, -0.25) is 4.90 Å². The molecule has 1 heterocycles. The molecule has 3 nitrogen and oxygen atoms in total. The molecule has 0 spiro atoms. The lowest BCUT2D eigenvalue weighted by atomic mass is 9.89. The van der Waals surface area contributed by atoms with E-state index in [1.165, 1.54) is 31.2 Å². The van der Waals surface area contributed by atoms with E-state index in [-0.39, 0.29) is 0 Å². The predicted octanol–water partition coefficient (Wildman–Crippen LogP) is 2.98. The van der Waals surface area contributed by atoms with Crippen molar-refractivity contribution in [3.8, 4) is 0 Å². The standard InChI is InChI=1S/C18H28N2O/c1-14-12-19-18(15-7-4-3-5-8-15)13-20(14)16-9-6-10-17(11-16)21-2/h3-5,7-8,14,16-19H,6,9-13H2,1-2H3. The van der Waals surface area contributed by atoms with Gasteiger partial charge in [0.05, 0.1) is 6.10 Å². The van der Waals surface area contributed by atoms with Crippen LogP contribution in [0.4, 0.5) is 0 Å². The second-order valence-corrected chi connectivity index (χ2v) is 6.60. The molecular formula is C18H28N2O. The summed E-state index contributed by atoms with van der Waals surface area (Å²) in [5.41, 5.74) is 1.41. The van der Waals surface area contributed by atoms with Crippen molar-refractivity contribution >= 4 is 0 Å². The Hall–Kier alpha value is -0.900. The fourth-order valence-corrected chi connectivity index (χ4v) is 3.94. The summed E-state index contributed by atoms with van der Waals surface area (Å²) in [6.07, 6.45) is 5.51. The Labute approximate surface area is 128 Å². The summed E-state index contributed by atoms with van der Waals surface area (Å²) in [5.74, 6) is 0. The molecule has 3 heteroatoms. The minimum atomic E-state index is 0.459. The van der Waals surface area contributed by atoms with Crippen LogP contribution in [0.3, 0.4) is 0 Å². The van der Waals surface area contributed by atoms with E-state index in [9.17, 15) is 0 Å². The fraction of sp³-hybridized carbons (Fsp3) is 0.667. The Morgan fingerprint density at radius 1 is 1.19 bits per heavy atom. The largest absolute Gasteiger partial charge is 0.381 e. The van der Waals surface area contributed by atoms with E-state index in [0.29, 0.717) is 24.2 Å². The van der Waals surface area contributed by atoms with Gasteiger partial charge in [0.15, 0.2) is 0 Å². The molecule has 3 rings (SSSR count). The van der Waals surface area contributed by atoms with Crippen LogP contribution >= 0.6 is 0 Å². The predicted molar refractivity (Wildman–Crippen MR) is 86.4 cm³/mol. The molecule has 0 aromatic heterocycles. The first kappa shape index (κ1) is 15.0. The number of nitrogens with one attached hydrogen (secondary N) is 1. The smallest absolute Gasteiger partial charge is 0.0586 e. The number of benzene rings is 1. The summed E-state index contributed by atoms with van der Waals surface area (Å²) in [5, 5.41) is 3.71. The van der Waals surface area contributed by atoms with Crippen LogP contribution in [0.25, 0.3) is 0 Å². The number of hydrogen-bond donors (Lipinski definition) is 1. The lowest BCUT2D eigenvalue weighted by molar-refractivity contribution is 0.00344. The van der Waals surface area contributed by atoms with Crippen molar-refractivity contribution in [2.75, 3.05) is 20.2 Å². The van der Waals surface area contributed by atoms with Gasteiger partial charge in [-0.25, -0.2) is 0 Å². The molecule has 0 bridgehead atoms. The summed E-state index contributed by atoms with van der Waals surface area (Å²) < 4.78 is 5.62. The van der Waals surface area contributed by atoms with E-state index in [1.807, 2.05) is 7.11 Å². The topological polar surface area (TPSA) is 24.5 Å². The highest BCUT2D eigenvalue weighted by atomic mass is 16.5. The molecule has 1 saturated carbocycles. The molecule has 116 valence electrons. The molecule has 1 N–H and O–H groups in total.